The average molecular weight is 455 g/mol. The molecule has 0 radical (unpaired) electrons. The van der Waals surface area contributed by atoms with Crippen LogP contribution in [-0.2, 0) is 9.59 Å². The van der Waals surface area contributed by atoms with Gasteiger partial charge in [0.2, 0.25) is 0 Å². The van der Waals surface area contributed by atoms with Crippen molar-refractivity contribution < 1.29 is 19.4 Å². The van der Waals surface area contributed by atoms with E-state index in [2.05, 4.69) is 4.98 Å². The third kappa shape index (κ3) is 3.76. The number of ether oxygens (including phenoxy) is 1. The van der Waals surface area contributed by atoms with Gasteiger partial charge < -0.3 is 9.84 Å². The zero-order valence-electron chi connectivity index (χ0n) is 16.3. The first kappa shape index (κ1) is 20.9. The molecule has 0 spiro atoms. The van der Waals surface area contributed by atoms with Gasteiger partial charge in [0.15, 0.2) is 0 Å². The first-order valence-electron chi connectivity index (χ1n) is 9.22. The molecule has 1 amide bonds. The molecule has 1 N–H and O–H groups in total. The van der Waals surface area contributed by atoms with Gasteiger partial charge in [0.1, 0.15) is 11.5 Å². The smallest absolute Gasteiger partial charge is 0.300 e. The number of hydrogen-bond acceptors (Lipinski definition) is 5. The maximum Gasteiger partial charge on any atom is 0.300 e. The molecule has 156 valence electrons. The minimum absolute atomic E-state index is 0.0673. The number of methoxy groups -OCH3 is 1. The highest BCUT2D eigenvalue weighted by atomic mass is 35.5. The Bertz CT molecular complexity index is 1210. The van der Waals surface area contributed by atoms with Gasteiger partial charge in [0.25, 0.3) is 11.7 Å². The van der Waals surface area contributed by atoms with Crippen molar-refractivity contribution in [3.63, 3.8) is 0 Å². The van der Waals surface area contributed by atoms with Crippen LogP contribution in [0.1, 0.15) is 17.2 Å². The fourth-order valence-corrected chi connectivity index (χ4v) is 3.92. The summed E-state index contributed by atoms with van der Waals surface area (Å²) in [6, 6.07) is 13.7. The number of anilines is 1. The largest absolute Gasteiger partial charge is 0.507 e. The van der Waals surface area contributed by atoms with E-state index in [0.29, 0.717) is 32.6 Å². The molecule has 31 heavy (non-hydrogen) atoms. The quantitative estimate of drug-likeness (QED) is 0.340. The molecule has 3 aromatic rings. The zero-order valence-corrected chi connectivity index (χ0v) is 17.8. The Hall–Kier alpha value is -3.35. The molecule has 1 fully saturated rings. The molecule has 6 nitrogen and oxygen atoms in total. The molecule has 0 saturated carbocycles. The number of carbonyl (C=O) groups excluding carboxylic acids is 2. The number of aromatic nitrogens is 1. The van der Waals surface area contributed by atoms with Gasteiger partial charge in [-0.3, -0.25) is 19.5 Å². The van der Waals surface area contributed by atoms with Crippen LogP contribution in [0, 0.1) is 0 Å². The Balaban J connectivity index is 1.95. The summed E-state index contributed by atoms with van der Waals surface area (Å²) in [4.78, 5) is 31.5. The Morgan fingerprint density at radius 2 is 1.90 bits per heavy atom. The van der Waals surface area contributed by atoms with E-state index < -0.39 is 17.7 Å². The number of amides is 1. The lowest BCUT2D eigenvalue weighted by Gasteiger charge is -2.25. The summed E-state index contributed by atoms with van der Waals surface area (Å²) >= 11 is 12.2. The Labute approximate surface area is 188 Å². The van der Waals surface area contributed by atoms with Crippen LogP contribution >= 0.6 is 23.2 Å². The number of carbonyl (C=O) groups is 2. The van der Waals surface area contributed by atoms with E-state index in [0.717, 1.165) is 0 Å². The van der Waals surface area contributed by atoms with Crippen molar-refractivity contribution in [1.29, 1.82) is 0 Å². The number of rotatable bonds is 4. The van der Waals surface area contributed by atoms with Crippen molar-refractivity contribution in [1.82, 2.24) is 4.98 Å². The number of nitrogens with zero attached hydrogens (tertiary/aromatic N) is 2. The molecule has 1 atom stereocenters. The number of Topliss-reactive ketones (excluding diaryl/α,β-unsaturated/α-hetero) is 1. The van der Waals surface area contributed by atoms with Crippen LogP contribution in [0.4, 0.5) is 5.69 Å². The molecule has 8 heteroatoms. The van der Waals surface area contributed by atoms with Crippen molar-refractivity contribution >= 4 is 46.3 Å². The third-order valence-corrected chi connectivity index (χ3v) is 5.50. The Morgan fingerprint density at radius 3 is 2.58 bits per heavy atom. The maximum absolute atomic E-state index is 13.1. The van der Waals surface area contributed by atoms with Gasteiger partial charge in [-0.25, -0.2) is 0 Å². The lowest BCUT2D eigenvalue weighted by Crippen LogP contribution is -2.29. The van der Waals surface area contributed by atoms with Crippen molar-refractivity contribution in [3.05, 3.63) is 93.7 Å². The number of benzene rings is 2. The minimum atomic E-state index is -0.895. The summed E-state index contributed by atoms with van der Waals surface area (Å²) in [6.45, 7) is 0. The number of aliphatic hydroxyl groups excluding tert-OH is 1. The van der Waals surface area contributed by atoms with Crippen molar-refractivity contribution in [2.75, 3.05) is 12.0 Å². The molecular weight excluding hydrogens is 439 g/mol. The second-order valence-electron chi connectivity index (χ2n) is 6.78. The highest BCUT2D eigenvalue weighted by Gasteiger charge is 2.47. The van der Waals surface area contributed by atoms with Crippen LogP contribution in [0.15, 0.2) is 72.6 Å². The number of pyridine rings is 1. The van der Waals surface area contributed by atoms with Crippen molar-refractivity contribution in [2.24, 2.45) is 0 Å². The zero-order chi connectivity index (χ0) is 22.1. The Kier molecular flexibility index (Phi) is 5.67. The summed E-state index contributed by atoms with van der Waals surface area (Å²) in [5.74, 6) is -1.61. The maximum atomic E-state index is 13.1. The number of ketones is 1. The highest BCUT2D eigenvalue weighted by Crippen LogP contribution is 2.42. The van der Waals surface area contributed by atoms with Crippen LogP contribution in [0.25, 0.3) is 5.76 Å². The molecule has 4 rings (SSSR count). The van der Waals surface area contributed by atoms with Gasteiger partial charge in [0, 0.05) is 28.7 Å². The van der Waals surface area contributed by atoms with Crippen LogP contribution in [0.2, 0.25) is 10.0 Å². The molecular formula is C23H16Cl2N2O4. The van der Waals surface area contributed by atoms with E-state index in [9.17, 15) is 14.7 Å². The minimum Gasteiger partial charge on any atom is -0.507 e. The summed E-state index contributed by atoms with van der Waals surface area (Å²) in [7, 11) is 1.44. The van der Waals surface area contributed by atoms with Crippen molar-refractivity contribution in [3.8, 4) is 5.75 Å². The predicted molar refractivity (Wildman–Crippen MR) is 118 cm³/mol. The fraction of sp³-hybridized carbons (Fsp3) is 0.0870. The standard InChI is InChI=1S/C23H16Cl2N2O4/c1-31-18-10-13(7-8-17(18)25)21(28)19-20(14-4-3-9-26-12-14)27(23(30)22(19)29)16-6-2-5-15(24)11-16/h2-12,20,28H,1H3/b21-19+. The lowest BCUT2D eigenvalue weighted by atomic mass is 9.96. The first-order valence-corrected chi connectivity index (χ1v) is 9.98. The van der Waals surface area contributed by atoms with Gasteiger partial charge in [-0.2, -0.15) is 0 Å². The Morgan fingerprint density at radius 1 is 1.10 bits per heavy atom. The van der Waals surface area contributed by atoms with E-state index in [1.807, 2.05) is 0 Å². The first-order chi connectivity index (χ1) is 14.9. The summed E-state index contributed by atoms with van der Waals surface area (Å²) in [6.07, 6.45) is 3.13. The number of hydrogen-bond donors (Lipinski definition) is 1. The van der Waals surface area contributed by atoms with Crippen LogP contribution in [0.5, 0.6) is 5.75 Å². The molecule has 1 aliphatic rings. The van der Waals surface area contributed by atoms with Gasteiger partial charge in [0.05, 0.1) is 23.7 Å². The van der Waals surface area contributed by atoms with E-state index in [1.165, 1.54) is 18.1 Å². The van der Waals surface area contributed by atoms with Gasteiger partial charge in [-0.1, -0.05) is 35.3 Å². The second-order valence-corrected chi connectivity index (χ2v) is 7.63. The van der Waals surface area contributed by atoms with Gasteiger partial charge >= 0.3 is 0 Å². The second kappa shape index (κ2) is 8.41. The molecule has 2 aromatic carbocycles. The monoisotopic (exact) mass is 454 g/mol. The molecule has 1 aliphatic heterocycles. The van der Waals surface area contributed by atoms with E-state index in [-0.39, 0.29) is 11.3 Å². The SMILES string of the molecule is COc1cc(/C(O)=C2\C(=O)C(=O)N(c3cccc(Cl)c3)C2c2cccnc2)ccc1Cl. The summed E-state index contributed by atoms with van der Waals surface area (Å²) < 4.78 is 5.21. The predicted octanol–water partition coefficient (Wildman–Crippen LogP) is 5.02. The molecule has 2 heterocycles. The molecule has 1 saturated heterocycles. The fourth-order valence-electron chi connectivity index (χ4n) is 3.54. The van der Waals surface area contributed by atoms with Crippen LogP contribution < -0.4 is 9.64 Å². The normalized spacial score (nSPS) is 17.8. The number of aliphatic hydroxyl groups is 1. The van der Waals surface area contributed by atoms with E-state index in [4.69, 9.17) is 27.9 Å². The lowest BCUT2D eigenvalue weighted by molar-refractivity contribution is -0.132. The molecule has 0 bridgehead atoms. The summed E-state index contributed by atoms with van der Waals surface area (Å²) in [5.41, 5.74) is 1.21. The van der Waals surface area contributed by atoms with Gasteiger partial charge in [-0.05, 0) is 48.0 Å². The molecule has 1 unspecified atom stereocenters. The highest BCUT2D eigenvalue weighted by molar-refractivity contribution is 6.51. The number of halogens is 2. The van der Waals surface area contributed by atoms with Crippen molar-refractivity contribution in [2.45, 2.75) is 6.04 Å². The van der Waals surface area contributed by atoms with Gasteiger partial charge in [-0.15, -0.1) is 0 Å². The van der Waals surface area contributed by atoms with E-state index in [1.54, 1.807) is 60.9 Å². The molecule has 1 aromatic heterocycles. The van der Waals surface area contributed by atoms with Crippen LogP contribution in [-0.4, -0.2) is 28.9 Å². The summed E-state index contributed by atoms with van der Waals surface area (Å²) in [5, 5.41) is 11.9. The third-order valence-electron chi connectivity index (χ3n) is 4.96. The molecule has 0 aliphatic carbocycles. The topological polar surface area (TPSA) is 79.7 Å². The average Bonchev–Trinajstić information content (AvgIpc) is 3.05. The van der Waals surface area contributed by atoms with E-state index >= 15 is 0 Å². The van der Waals surface area contributed by atoms with Crippen LogP contribution in [0.3, 0.4) is 0 Å².